The molecule has 2 aromatic rings. The molecule has 0 radical (unpaired) electrons. The molecule has 0 aliphatic heterocycles. The number of nitrogens with zero attached hydrogens (tertiary/aromatic N) is 2. The lowest BCUT2D eigenvalue weighted by atomic mass is 10.1. The lowest BCUT2D eigenvalue weighted by Gasteiger charge is -2.12. The molecule has 27 heavy (non-hydrogen) atoms. The number of aliphatic hydroxyl groups excluding tert-OH is 1. The number of sulfone groups is 2. The summed E-state index contributed by atoms with van der Waals surface area (Å²) in [6.07, 6.45) is 0. The summed E-state index contributed by atoms with van der Waals surface area (Å²) in [7, 11) is -9.36. The first-order chi connectivity index (χ1) is 12.5. The Bertz CT molecular complexity index is 1180. The predicted molar refractivity (Wildman–Crippen MR) is 101 cm³/mol. The molecule has 1 N–H and O–H groups in total. The van der Waals surface area contributed by atoms with Gasteiger partial charge in [0, 0.05) is 0 Å². The summed E-state index contributed by atoms with van der Waals surface area (Å²) in [5.41, 5.74) is 11.3. The molecule has 0 saturated carbocycles. The molecule has 2 rings (SSSR count). The highest BCUT2D eigenvalue weighted by atomic mass is 32.3. The molecule has 0 fully saturated rings. The van der Waals surface area contributed by atoms with E-state index in [4.69, 9.17) is 0 Å². The second kappa shape index (κ2) is 7.36. The van der Waals surface area contributed by atoms with Crippen LogP contribution in [0, 0.1) is 27.7 Å². The molecule has 9 heteroatoms. The summed E-state index contributed by atoms with van der Waals surface area (Å²) < 4.78 is 50.9. The smallest absolute Gasteiger partial charge is 0.392 e. The minimum Gasteiger partial charge on any atom is -0.392 e. The van der Waals surface area contributed by atoms with Crippen LogP contribution in [-0.2, 0) is 26.3 Å². The van der Waals surface area contributed by atoms with Crippen LogP contribution in [0.4, 0.5) is 0 Å². The standard InChI is InChI=1S/C18H20N2O5S2/c1-11-8-13(3)17(15(9-11)10-21)27(24,25)18(20-19)26(22,23)16-7-5-6-12(2)14(16)4/h5-9,21H,10H2,1-4H3. The van der Waals surface area contributed by atoms with Gasteiger partial charge in [-0.05, 0) is 56.0 Å². The zero-order valence-corrected chi connectivity index (χ0v) is 17.0. The molecule has 0 aromatic heterocycles. The maximum atomic E-state index is 13.1. The van der Waals surface area contributed by atoms with Crippen molar-refractivity contribution < 1.29 is 26.7 Å². The third-order valence-corrected chi connectivity index (χ3v) is 8.86. The van der Waals surface area contributed by atoms with Crippen LogP contribution in [0.15, 0.2) is 40.1 Å². The summed E-state index contributed by atoms with van der Waals surface area (Å²) in [6.45, 7) is 5.82. The van der Waals surface area contributed by atoms with Gasteiger partial charge in [-0.3, -0.25) is 0 Å². The summed E-state index contributed by atoms with van der Waals surface area (Å²) in [6, 6.07) is 7.41. The molecule has 0 spiro atoms. The number of aryl methyl sites for hydroxylation is 3. The molecule has 144 valence electrons. The number of benzene rings is 2. The maximum absolute atomic E-state index is 13.1. The van der Waals surface area contributed by atoms with Gasteiger partial charge < -0.3 is 10.6 Å². The fourth-order valence-corrected chi connectivity index (χ4v) is 7.02. The van der Waals surface area contributed by atoms with Crippen molar-refractivity contribution in [1.29, 1.82) is 0 Å². The molecule has 0 bridgehead atoms. The lowest BCUT2D eigenvalue weighted by Crippen LogP contribution is -2.28. The van der Waals surface area contributed by atoms with Crippen LogP contribution >= 0.6 is 0 Å². The molecular weight excluding hydrogens is 388 g/mol. The highest BCUT2D eigenvalue weighted by Crippen LogP contribution is 2.29. The summed E-state index contributed by atoms with van der Waals surface area (Å²) in [5.74, 6) is 0. The largest absolute Gasteiger partial charge is 0.504 e. The topological polar surface area (TPSA) is 125 Å². The fraction of sp³-hybridized carbons (Fsp3) is 0.278. The van der Waals surface area contributed by atoms with Crippen molar-refractivity contribution in [3.8, 4) is 0 Å². The summed E-state index contributed by atoms with van der Waals surface area (Å²) in [5, 5.41) is 9.57. The molecule has 0 aliphatic rings. The van der Waals surface area contributed by atoms with Crippen molar-refractivity contribution in [3.05, 3.63) is 63.7 Å². The molecular formula is C18H20N2O5S2. The summed E-state index contributed by atoms with van der Waals surface area (Å²) in [4.78, 5) is 2.02. The van der Waals surface area contributed by atoms with Gasteiger partial charge in [-0.15, -0.1) is 4.79 Å². The van der Waals surface area contributed by atoms with Crippen molar-refractivity contribution in [1.82, 2.24) is 0 Å². The van der Waals surface area contributed by atoms with Crippen LogP contribution in [0.1, 0.15) is 27.8 Å². The highest BCUT2D eigenvalue weighted by Gasteiger charge is 2.46. The van der Waals surface area contributed by atoms with Crippen LogP contribution < -0.4 is 0 Å². The molecule has 2 aromatic carbocycles. The van der Waals surface area contributed by atoms with Gasteiger partial charge in [0.1, 0.15) is 0 Å². The van der Waals surface area contributed by atoms with E-state index in [-0.39, 0.29) is 20.9 Å². The van der Waals surface area contributed by atoms with E-state index in [0.29, 0.717) is 16.7 Å². The number of hydrogen-bond donors (Lipinski definition) is 1. The van der Waals surface area contributed by atoms with Gasteiger partial charge in [0.15, 0.2) is 0 Å². The molecule has 0 unspecified atom stereocenters. The summed E-state index contributed by atoms with van der Waals surface area (Å²) >= 11 is 0. The Kier molecular flexibility index (Phi) is 5.72. The number of aliphatic hydroxyl groups is 1. The molecule has 0 heterocycles. The van der Waals surface area contributed by atoms with Gasteiger partial charge in [0.05, 0.1) is 16.4 Å². The zero-order chi connectivity index (χ0) is 20.6. The average molecular weight is 409 g/mol. The normalized spacial score (nSPS) is 11.9. The van der Waals surface area contributed by atoms with Crippen LogP contribution in [0.3, 0.4) is 0 Å². The Balaban J connectivity index is 2.83. The first kappa shape index (κ1) is 21.0. The van der Waals surface area contributed by atoms with Gasteiger partial charge in [-0.2, -0.15) is 0 Å². The van der Waals surface area contributed by atoms with E-state index in [0.717, 1.165) is 0 Å². The van der Waals surface area contributed by atoms with Gasteiger partial charge >= 0.3 is 4.38 Å². The Morgan fingerprint density at radius 1 is 1.00 bits per heavy atom. The van der Waals surface area contributed by atoms with Gasteiger partial charge in [0.25, 0.3) is 19.7 Å². The lowest BCUT2D eigenvalue weighted by molar-refractivity contribution is 0.00379. The van der Waals surface area contributed by atoms with Gasteiger partial charge in [0.2, 0.25) is 0 Å². The van der Waals surface area contributed by atoms with Gasteiger partial charge in [-0.25, -0.2) is 16.8 Å². The van der Waals surface area contributed by atoms with Crippen molar-refractivity contribution in [2.24, 2.45) is 0 Å². The quantitative estimate of drug-likeness (QED) is 0.361. The first-order valence-corrected chi connectivity index (χ1v) is 10.9. The van der Waals surface area contributed by atoms with E-state index >= 15 is 0 Å². The third-order valence-electron chi connectivity index (χ3n) is 4.32. The van der Waals surface area contributed by atoms with E-state index in [2.05, 4.69) is 4.79 Å². The monoisotopic (exact) mass is 408 g/mol. The Hall–Kier alpha value is -2.32. The van der Waals surface area contributed by atoms with Crippen LogP contribution in [-0.4, -0.2) is 31.1 Å². The van der Waals surface area contributed by atoms with Crippen LogP contribution in [0.2, 0.25) is 0 Å². The Morgan fingerprint density at radius 3 is 2.19 bits per heavy atom. The predicted octanol–water partition coefficient (Wildman–Crippen LogP) is 2.25. The Labute approximate surface area is 158 Å². The molecule has 0 saturated heterocycles. The molecule has 0 atom stereocenters. The molecule has 0 amide bonds. The minimum atomic E-state index is -4.72. The number of rotatable bonds is 3. The zero-order valence-electron chi connectivity index (χ0n) is 15.4. The van der Waals surface area contributed by atoms with Crippen LogP contribution in [0.25, 0.3) is 5.53 Å². The maximum Gasteiger partial charge on any atom is 0.504 e. The second-order valence-electron chi connectivity index (χ2n) is 6.30. The van der Waals surface area contributed by atoms with E-state index in [1.54, 1.807) is 32.9 Å². The van der Waals surface area contributed by atoms with Crippen LogP contribution in [0.5, 0.6) is 0 Å². The minimum absolute atomic E-state index is 0.0322. The average Bonchev–Trinajstić information content (AvgIpc) is 2.55. The van der Waals surface area contributed by atoms with Crippen molar-refractivity contribution in [2.75, 3.05) is 0 Å². The van der Waals surface area contributed by atoms with E-state index in [1.807, 2.05) is 0 Å². The number of hydrogen-bond acceptors (Lipinski definition) is 5. The SMILES string of the molecule is Cc1cc(C)c(S(=O)(=O)C(=[N+]=[N-])S(=O)(=O)c2cccc(C)c2C)c(CO)c1. The first-order valence-electron chi connectivity index (χ1n) is 7.98. The van der Waals surface area contributed by atoms with Crippen molar-refractivity contribution in [3.63, 3.8) is 0 Å². The Morgan fingerprint density at radius 2 is 1.63 bits per heavy atom. The van der Waals surface area contributed by atoms with E-state index < -0.39 is 30.7 Å². The fourth-order valence-electron chi connectivity index (χ4n) is 2.99. The van der Waals surface area contributed by atoms with E-state index in [9.17, 15) is 27.5 Å². The van der Waals surface area contributed by atoms with Crippen molar-refractivity contribution in [2.45, 2.75) is 44.1 Å². The van der Waals surface area contributed by atoms with Gasteiger partial charge in [-0.1, -0.05) is 29.8 Å². The molecule has 0 aliphatic carbocycles. The van der Waals surface area contributed by atoms with E-state index in [1.165, 1.54) is 25.1 Å². The second-order valence-corrected chi connectivity index (χ2v) is 10.2. The highest BCUT2D eigenvalue weighted by molar-refractivity contribution is 8.31. The third kappa shape index (κ3) is 3.59. The molecule has 7 nitrogen and oxygen atoms in total. The van der Waals surface area contributed by atoms with Crippen molar-refractivity contribution >= 4 is 24.1 Å².